The van der Waals surface area contributed by atoms with E-state index in [0.29, 0.717) is 25.2 Å². The molecule has 0 bridgehead atoms. The van der Waals surface area contributed by atoms with E-state index in [-0.39, 0.29) is 12.1 Å². The van der Waals surface area contributed by atoms with Crippen LogP contribution in [0.15, 0.2) is 23.1 Å². The molecular weight excluding hydrogens is 259 g/mol. The summed E-state index contributed by atoms with van der Waals surface area (Å²) >= 11 is 0. The van der Waals surface area contributed by atoms with Gasteiger partial charge in [-0.3, -0.25) is 9.69 Å². The molecule has 1 aromatic heterocycles. The minimum absolute atomic E-state index is 0.201. The summed E-state index contributed by atoms with van der Waals surface area (Å²) < 4.78 is 38.2. The summed E-state index contributed by atoms with van der Waals surface area (Å²) in [5, 5.41) is 0. The van der Waals surface area contributed by atoms with Crippen molar-refractivity contribution >= 4 is 5.69 Å². The molecule has 0 radical (unpaired) electrons. The van der Waals surface area contributed by atoms with E-state index in [2.05, 4.69) is 0 Å². The zero-order valence-corrected chi connectivity index (χ0v) is 10.8. The van der Waals surface area contributed by atoms with Crippen molar-refractivity contribution in [2.75, 3.05) is 25.4 Å². The first-order valence-electron chi connectivity index (χ1n) is 6.07. The lowest BCUT2D eigenvalue weighted by molar-refractivity contribution is -0.145. The summed E-state index contributed by atoms with van der Waals surface area (Å²) in [6.45, 7) is 1.73. The number of nitrogens with two attached hydrogens (primary N) is 1. The van der Waals surface area contributed by atoms with Gasteiger partial charge in [-0.05, 0) is 19.0 Å². The number of aromatic nitrogens is 1. The number of aryl methyl sites for hydroxylation is 1. The second kappa shape index (κ2) is 6.60. The third-order valence-electron chi connectivity index (χ3n) is 2.73. The van der Waals surface area contributed by atoms with E-state index in [9.17, 15) is 18.0 Å². The SMILES string of the molecule is CCN(CCCn1cc(N)ccc1=O)CC(F)(F)F. The van der Waals surface area contributed by atoms with Gasteiger partial charge >= 0.3 is 6.18 Å². The number of anilines is 1. The maximum atomic E-state index is 12.2. The first-order chi connectivity index (χ1) is 8.81. The molecule has 19 heavy (non-hydrogen) atoms. The Morgan fingerprint density at radius 2 is 2.05 bits per heavy atom. The van der Waals surface area contributed by atoms with Crippen molar-refractivity contribution in [1.29, 1.82) is 0 Å². The summed E-state index contributed by atoms with van der Waals surface area (Å²) in [5.41, 5.74) is 5.81. The molecule has 2 N–H and O–H groups in total. The lowest BCUT2D eigenvalue weighted by Gasteiger charge is -2.21. The second-order valence-corrected chi connectivity index (χ2v) is 4.33. The number of hydrogen-bond donors (Lipinski definition) is 1. The van der Waals surface area contributed by atoms with E-state index in [1.807, 2.05) is 0 Å². The van der Waals surface area contributed by atoms with Gasteiger partial charge in [0, 0.05) is 31.0 Å². The van der Waals surface area contributed by atoms with Crippen molar-refractivity contribution in [2.24, 2.45) is 0 Å². The van der Waals surface area contributed by atoms with E-state index in [4.69, 9.17) is 5.73 Å². The smallest absolute Gasteiger partial charge is 0.398 e. The minimum atomic E-state index is -4.19. The highest BCUT2D eigenvalue weighted by Crippen LogP contribution is 2.16. The Labute approximate surface area is 109 Å². The standard InChI is InChI=1S/C12H18F3N3O/c1-2-17(9-12(13,14)15)6-3-7-18-8-10(16)4-5-11(18)19/h4-5,8H,2-3,6-7,9,16H2,1H3. The fraction of sp³-hybridized carbons (Fsp3) is 0.583. The van der Waals surface area contributed by atoms with Crippen molar-refractivity contribution < 1.29 is 13.2 Å². The first-order valence-corrected chi connectivity index (χ1v) is 6.07. The van der Waals surface area contributed by atoms with E-state index < -0.39 is 12.7 Å². The number of pyridine rings is 1. The minimum Gasteiger partial charge on any atom is -0.398 e. The molecule has 1 rings (SSSR count). The fourth-order valence-corrected chi connectivity index (χ4v) is 1.79. The van der Waals surface area contributed by atoms with Gasteiger partial charge in [0.2, 0.25) is 0 Å². The lowest BCUT2D eigenvalue weighted by atomic mass is 10.3. The number of rotatable bonds is 6. The number of hydrogen-bond acceptors (Lipinski definition) is 3. The van der Waals surface area contributed by atoms with Gasteiger partial charge in [-0.1, -0.05) is 6.92 Å². The van der Waals surface area contributed by atoms with Crippen LogP contribution in [0, 0.1) is 0 Å². The Kier molecular flexibility index (Phi) is 5.41. The molecule has 4 nitrogen and oxygen atoms in total. The van der Waals surface area contributed by atoms with Crippen LogP contribution in [0.3, 0.4) is 0 Å². The molecule has 0 aliphatic heterocycles. The van der Waals surface area contributed by atoms with Gasteiger partial charge in [0.15, 0.2) is 0 Å². The Balaban J connectivity index is 2.48. The Bertz CT molecular complexity index is 456. The number of nitrogen functional groups attached to an aromatic ring is 1. The molecule has 7 heteroatoms. The zero-order chi connectivity index (χ0) is 14.5. The Morgan fingerprint density at radius 1 is 1.37 bits per heavy atom. The predicted molar refractivity (Wildman–Crippen MR) is 67.9 cm³/mol. The molecule has 0 saturated carbocycles. The summed E-state index contributed by atoms with van der Waals surface area (Å²) in [6, 6.07) is 2.85. The number of halogens is 3. The predicted octanol–water partition coefficient (Wildman–Crippen LogP) is 1.70. The van der Waals surface area contributed by atoms with Gasteiger partial charge in [-0.25, -0.2) is 0 Å². The fourth-order valence-electron chi connectivity index (χ4n) is 1.79. The number of alkyl halides is 3. The van der Waals surface area contributed by atoms with E-state index in [0.717, 1.165) is 0 Å². The van der Waals surface area contributed by atoms with Crippen LogP contribution in [-0.4, -0.2) is 35.3 Å². The Hall–Kier alpha value is -1.50. The lowest BCUT2D eigenvalue weighted by Crippen LogP contribution is -2.35. The molecule has 0 saturated heterocycles. The van der Waals surface area contributed by atoms with Gasteiger partial charge in [0.1, 0.15) is 0 Å². The van der Waals surface area contributed by atoms with Crippen molar-refractivity contribution in [3.63, 3.8) is 0 Å². The van der Waals surface area contributed by atoms with Crippen LogP contribution < -0.4 is 11.3 Å². The molecule has 0 aliphatic carbocycles. The van der Waals surface area contributed by atoms with Crippen LogP contribution >= 0.6 is 0 Å². The van der Waals surface area contributed by atoms with Crippen LogP contribution in [0.4, 0.5) is 18.9 Å². The zero-order valence-electron chi connectivity index (χ0n) is 10.8. The summed E-state index contributed by atoms with van der Waals surface area (Å²) in [7, 11) is 0. The van der Waals surface area contributed by atoms with Gasteiger partial charge in [0.05, 0.1) is 6.54 Å². The van der Waals surface area contributed by atoms with Crippen LogP contribution in [-0.2, 0) is 6.54 Å². The topological polar surface area (TPSA) is 51.3 Å². The van der Waals surface area contributed by atoms with E-state index in [1.165, 1.54) is 27.8 Å². The van der Waals surface area contributed by atoms with Crippen LogP contribution in [0.5, 0.6) is 0 Å². The molecule has 0 atom stereocenters. The van der Waals surface area contributed by atoms with Gasteiger partial charge < -0.3 is 10.3 Å². The summed E-state index contributed by atoms with van der Waals surface area (Å²) in [5.74, 6) is 0. The van der Waals surface area contributed by atoms with E-state index >= 15 is 0 Å². The molecule has 1 aromatic rings. The van der Waals surface area contributed by atoms with Gasteiger partial charge in [0.25, 0.3) is 5.56 Å². The normalized spacial score (nSPS) is 12.1. The highest BCUT2D eigenvalue weighted by molar-refractivity contribution is 5.33. The largest absolute Gasteiger partial charge is 0.401 e. The molecule has 0 spiro atoms. The molecule has 1 heterocycles. The van der Waals surface area contributed by atoms with Crippen molar-refractivity contribution in [3.8, 4) is 0 Å². The molecule has 0 fully saturated rings. The maximum absolute atomic E-state index is 12.2. The monoisotopic (exact) mass is 277 g/mol. The van der Waals surface area contributed by atoms with Crippen LogP contribution in [0.2, 0.25) is 0 Å². The maximum Gasteiger partial charge on any atom is 0.401 e. The molecule has 108 valence electrons. The molecule has 0 aliphatic rings. The third kappa shape index (κ3) is 5.78. The average molecular weight is 277 g/mol. The highest BCUT2D eigenvalue weighted by atomic mass is 19.4. The second-order valence-electron chi connectivity index (χ2n) is 4.33. The average Bonchev–Trinajstić information content (AvgIpc) is 2.30. The Morgan fingerprint density at radius 3 is 2.63 bits per heavy atom. The summed E-state index contributed by atoms with van der Waals surface area (Å²) in [6.07, 6.45) is -2.22. The number of nitrogens with zero attached hydrogens (tertiary/aromatic N) is 2. The van der Waals surface area contributed by atoms with Crippen molar-refractivity contribution in [2.45, 2.75) is 26.1 Å². The van der Waals surface area contributed by atoms with Crippen LogP contribution in [0.1, 0.15) is 13.3 Å². The quantitative estimate of drug-likeness (QED) is 0.861. The molecule has 0 amide bonds. The van der Waals surface area contributed by atoms with Crippen molar-refractivity contribution in [1.82, 2.24) is 9.47 Å². The van der Waals surface area contributed by atoms with Crippen LogP contribution in [0.25, 0.3) is 0 Å². The first kappa shape index (κ1) is 15.6. The molecular formula is C12H18F3N3O. The van der Waals surface area contributed by atoms with Gasteiger partial charge in [-0.2, -0.15) is 13.2 Å². The van der Waals surface area contributed by atoms with Gasteiger partial charge in [-0.15, -0.1) is 0 Å². The van der Waals surface area contributed by atoms with Crippen molar-refractivity contribution in [3.05, 3.63) is 28.7 Å². The highest BCUT2D eigenvalue weighted by Gasteiger charge is 2.29. The van der Waals surface area contributed by atoms with E-state index in [1.54, 1.807) is 6.92 Å². The third-order valence-corrected chi connectivity index (χ3v) is 2.73. The molecule has 0 aromatic carbocycles. The summed E-state index contributed by atoms with van der Waals surface area (Å²) in [4.78, 5) is 12.8. The molecule has 0 unspecified atom stereocenters.